The van der Waals surface area contributed by atoms with E-state index in [9.17, 15) is 4.79 Å². The number of rotatable bonds is 8. The van der Waals surface area contributed by atoms with E-state index in [4.69, 9.17) is 0 Å². The Kier molecular flexibility index (Phi) is 6.19. The van der Waals surface area contributed by atoms with Gasteiger partial charge in [0, 0.05) is 12.1 Å². The molecule has 0 atom stereocenters. The van der Waals surface area contributed by atoms with Crippen molar-refractivity contribution in [2.75, 3.05) is 11.1 Å². The van der Waals surface area contributed by atoms with Crippen LogP contribution in [-0.2, 0) is 13.0 Å². The Morgan fingerprint density at radius 2 is 1.80 bits per heavy atom. The first-order chi connectivity index (χ1) is 12.2. The summed E-state index contributed by atoms with van der Waals surface area (Å²) in [4.78, 5) is 12.3. The van der Waals surface area contributed by atoms with Crippen LogP contribution >= 0.6 is 23.1 Å². The average Bonchev–Trinajstić information content (AvgIpc) is 3.13. The quantitative estimate of drug-likeness (QED) is 0.461. The highest BCUT2D eigenvalue weighted by atomic mass is 32.2. The highest BCUT2D eigenvalue weighted by Gasteiger charge is 2.10. The molecule has 0 aliphatic heterocycles. The van der Waals surface area contributed by atoms with Crippen LogP contribution in [0.25, 0.3) is 0 Å². The second-order valence-electron chi connectivity index (χ2n) is 5.47. The number of thioether (sulfide) groups is 1. The van der Waals surface area contributed by atoms with Crippen molar-refractivity contribution in [1.29, 1.82) is 0 Å². The van der Waals surface area contributed by atoms with E-state index in [0.29, 0.717) is 12.3 Å². The van der Waals surface area contributed by atoms with Gasteiger partial charge in [-0.2, -0.15) is 0 Å². The van der Waals surface area contributed by atoms with E-state index in [0.717, 1.165) is 21.5 Å². The lowest BCUT2D eigenvalue weighted by atomic mass is 10.1. The Morgan fingerprint density at radius 1 is 1.04 bits per heavy atom. The molecular formula is C19H19N3OS2. The summed E-state index contributed by atoms with van der Waals surface area (Å²) >= 11 is 2.90. The van der Waals surface area contributed by atoms with Crippen molar-refractivity contribution in [3.8, 4) is 0 Å². The molecule has 1 aromatic heterocycles. The molecule has 4 nitrogen and oxygen atoms in total. The maximum absolute atomic E-state index is 12.3. The Balaban J connectivity index is 1.50. The van der Waals surface area contributed by atoms with E-state index in [1.165, 1.54) is 34.2 Å². The van der Waals surface area contributed by atoms with Gasteiger partial charge in [0.1, 0.15) is 0 Å². The van der Waals surface area contributed by atoms with Crippen molar-refractivity contribution in [2.24, 2.45) is 0 Å². The number of anilines is 1. The van der Waals surface area contributed by atoms with Gasteiger partial charge in [-0.25, -0.2) is 0 Å². The molecule has 2 aromatic carbocycles. The maximum atomic E-state index is 12.3. The number of benzene rings is 2. The summed E-state index contributed by atoms with van der Waals surface area (Å²) in [6.07, 6.45) is 0.979. The summed E-state index contributed by atoms with van der Waals surface area (Å²) in [7, 11) is 0. The van der Waals surface area contributed by atoms with Gasteiger partial charge in [0.15, 0.2) is 10.1 Å². The molecule has 0 radical (unpaired) electrons. The minimum Gasteiger partial charge on any atom is -0.356 e. The van der Waals surface area contributed by atoms with Gasteiger partial charge < -0.3 is 5.32 Å². The molecule has 0 aliphatic rings. The van der Waals surface area contributed by atoms with Gasteiger partial charge in [0.05, 0.1) is 5.75 Å². The Morgan fingerprint density at radius 3 is 2.52 bits per heavy atom. The van der Waals surface area contributed by atoms with Crippen molar-refractivity contribution < 1.29 is 4.79 Å². The van der Waals surface area contributed by atoms with E-state index < -0.39 is 0 Å². The summed E-state index contributed by atoms with van der Waals surface area (Å²) in [5, 5.41) is 12.3. The van der Waals surface area contributed by atoms with Gasteiger partial charge in [-0.1, -0.05) is 84.6 Å². The highest BCUT2D eigenvalue weighted by molar-refractivity contribution is 8.01. The van der Waals surface area contributed by atoms with Crippen LogP contribution in [-0.4, -0.2) is 21.7 Å². The molecule has 0 saturated carbocycles. The van der Waals surface area contributed by atoms with Crippen molar-refractivity contribution in [3.63, 3.8) is 0 Å². The largest absolute Gasteiger partial charge is 0.356 e. The predicted molar refractivity (Wildman–Crippen MR) is 105 cm³/mol. The molecule has 0 spiro atoms. The van der Waals surface area contributed by atoms with Crippen molar-refractivity contribution in [2.45, 2.75) is 24.2 Å². The number of carbonyl (C=O) groups excluding carboxylic acids is 1. The molecule has 0 saturated heterocycles. The smallest absolute Gasteiger partial charge is 0.206 e. The van der Waals surface area contributed by atoms with Crippen LogP contribution in [0.3, 0.4) is 0 Å². The van der Waals surface area contributed by atoms with Crippen LogP contribution in [0.1, 0.15) is 28.4 Å². The first-order valence-corrected chi connectivity index (χ1v) is 9.91. The fourth-order valence-corrected chi connectivity index (χ4v) is 3.89. The maximum Gasteiger partial charge on any atom is 0.206 e. The van der Waals surface area contributed by atoms with E-state index in [1.54, 1.807) is 0 Å². The molecule has 25 heavy (non-hydrogen) atoms. The summed E-state index contributed by atoms with van der Waals surface area (Å²) in [6, 6.07) is 18.0. The second-order valence-corrected chi connectivity index (χ2v) is 7.67. The van der Waals surface area contributed by atoms with Crippen LogP contribution in [0.15, 0.2) is 58.9 Å². The number of nitrogens with one attached hydrogen (secondary N) is 1. The topological polar surface area (TPSA) is 54.9 Å². The van der Waals surface area contributed by atoms with Gasteiger partial charge in [-0.3, -0.25) is 4.79 Å². The number of aryl methyl sites for hydroxylation is 1. The minimum atomic E-state index is 0.113. The minimum absolute atomic E-state index is 0.113. The summed E-state index contributed by atoms with van der Waals surface area (Å²) in [5.41, 5.74) is 3.18. The standard InChI is InChI=1S/C19H19N3OS2/c1-2-14-8-10-16(11-9-14)17(23)13-24-19-22-21-18(25-19)20-12-15-6-4-3-5-7-15/h3-11H,2,12-13H2,1H3,(H,20,21). The molecule has 1 heterocycles. The summed E-state index contributed by atoms with van der Waals surface area (Å²) in [6.45, 7) is 2.81. The lowest BCUT2D eigenvalue weighted by molar-refractivity contribution is 0.102. The molecular weight excluding hydrogens is 350 g/mol. The molecule has 3 rings (SSSR count). The third kappa shape index (κ3) is 5.14. The highest BCUT2D eigenvalue weighted by Crippen LogP contribution is 2.26. The van der Waals surface area contributed by atoms with Crippen LogP contribution < -0.4 is 5.32 Å². The number of nitrogens with zero attached hydrogens (tertiary/aromatic N) is 2. The van der Waals surface area contributed by atoms with E-state index in [-0.39, 0.29) is 5.78 Å². The van der Waals surface area contributed by atoms with Crippen LogP contribution in [0.5, 0.6) is 0 Å². The molecule has 0 unspecified atom stereocenters. The third-order valence-corrected chi connectivity index (χ3v) is 5.72. The van der Waals surface area contributed by atoms with Gasteiger partial charge >= 0.3 is 0 Å². The fourth-order valence-electron chi connectivity index (χ4n) is 2.25. The number of hydrogen-bond donors (Lipinski definition) is 1. The van der Waals surface area contributed by atoms with Crippen LogP contribution in [0.4, 0.5) is 5.13 Å². The van der Waals surface area contributed by atoms with Crippen molar-refractivity contribution in [1.82, 2.24) is 10.2 Å². The molecule has 0 amide bonds. The lowest BCUT2D eigenvalue weighted by Crippen LogP contribution is -2.02. The molecule has 6 heteroatoms. The van der Waals surface area contributed by atoms with E-state index in [1.807, 2.05) is 42.5 Å². The van der Waals surface area contributed by atoms with Crippen molar-refractivity contribution >= 4 is 34.0 Å². The SMILES string of the molecule is CCc1ccc(C(=O)CSc2nnc(NCc3ccccc3)s2)cc1. The monoisotopic (exact) mass is 369 g/mol. The van der Waals surface area contributed by atoms with Crippen LogP contribution in [0, 0.1) is 0 Å². The number of hydrogen-bond acceptors (Lipinski definition) is 6. The first kappa shape index (κ1) is 17.6. The van der Waals surface area contributed by atoms with Gasteiger partial charge in [0.25, 0.3) is 0 Å². The van der Waals surface area contributed by atoms with E-state index >= 15 is 0 Å². The van der Waals surface area contributed by atoms with Crippen molar-refractivity contribution in [3.05, 3.63) is 71.3 Å². The van der Waals surface area contributed by atoms with E-state index in [2.05, 4.69) is 34.6 Å². The molecule has 0 bridgehead atoms. The molecule has 0 fully saturated rings. The van der Waals surface area contributed by atoms with Gasteiger partial charge in [-0.05, 0) is 17.5 Å². The zero-order chi connectivity index (χ0) is 17.5. The predicted octanol–water partition coefficient (Wildman–Crippen LogP) is 4.69. The normalized spacial score (nSPS) is 10.6. The lowest BCUT2D eigenvalue weighted by Gasteiger charge is -2.01. The Hall–Kier alpha value is -2.18. The number of ketones is 1. The fraction of sp³-hybridized carbons (Fsp3) is 0.211. The summed E-state index contributed by atoms with van der Waals surface area (Å²) < 4.78 is 0.800. The number of aromatic nitrogens is 2. The number of carbonyl (C=O) groups is 1. The number of Topliss-reactive ketones (excluding diaryl/α,β-unsaturated/α-hetero) is 1. The molecule has 0 aliphatic carbocycles. The molecule has 128 valence electrons. The molecule has 1 N–H and O–H groups in total. The Bertz CT molecular complexity index is 816. The summed E-state index contributed by atoms with van der Waals surface area (Å²) in [5.74, 6) is 0.486. The van der Waals surface area contributed by atoms with Gasteiger partial charge in [-0.15, -0.1) is 10.2 Å². The van der Waals surface area contributed by atoms with Crippen LogP contribution in [0.2, 0.25) is 0 Å². The Labute approximate surface area is 155 Å². The zero-order valence-electron chi connectivity index (χ0n) is 13.9. The average molecular weight is 370 g/mol. The molecule has 3 aromatic rings. The zero-order valence-corrected chi connectivity index (χ0v) is 15.6. The first-order valence-electron chi connectivity index (χ1n) is 8.11. The third-order valence-electron chi connectivity index (χ3n) is 3.70. The second kappa shape index (κ2) is 8.78. The van der Waals surface area contributed by atoms with Gasteiger partial charge in [0.2, 0.25) is 5.13 Å².